The Hall–Kier alpha value is -3.40. The molecular formula is C24H23N3O. The first-order valence-electron chi connectivity index (χ1n) is 9.52. The van der Waals surface area contributed by atoms with Gasteiger partial charge in [-0.3, -0.25) is 4.79 Å². The van der Waals surface area contributed by atoms with E-state index in [1.54, 1.807) is 6.07 Å². The molecule has 4 nitrogen and oxygen atoms in total. The van der Waals surface area contributed by atoms with Crippen LogP contribution in [0.3, 0.4) is 0 Å². The summed E-state index contributed by atoms with van der Waals surface area (Å²) in [5.41, 5.74) is 4.32. The average Bonchev–Trinajstić information content (AvgIpc) is 2.73. The largest absolute Gasteiger partial charge is 0.367 e. The van der Waals surface area contributed by atoms with Gasteiger partial charge in [-0.2, -0.15) is 0 Å². The predicted octanol–water partition coefficient (Wildman–Crippen LogP) is 4.48. The van der Waals surface area contributed by atoms with Gasteiger partial charge in [0.2, 0.25) is 0 Å². The second-order valence-electron chi connectivity index (χ2n) is 7.02. The number of para-hydroxylation sites is 1. The Balaban J connectivity index is 1.58. The second-order valence-corrected chi connectivity index (χ2v) is 7.02. The molecular weight excluding hydrogens is 346 g/mol. The van der Waals surface area contributed by atoms with E-state index in [0.717, 1.165) is 24.3 Å². The van der Waals surface area contributed by atoms with Gasteiger partial charge in [0.05, 0.1) is 10.9 Å². The molecule has 140 valence electrons. The summed E-state index contributed by atoms with van der Waals surface area (Å²) in [6.07, 6.45) is 0.667. The molecule has 1 heterocycles. The summed E-state index contributed by atoms with van der Waals surface area (Å²) in [5.74, 6) is 0.717. The summed E-state index contributed by atoms with van der Waals surface area (Å²) in [6, 6.07) is 26.4. The van der Waals surface area contributed by atoms with E-state index in [2.05, 4.69) is 70.3 Å². The van der Waals surface area contributed by atoms with Crippen molar-refractivity contribution in [1.82, 2.24) is 9.97 Å². The molecule has 4 aromatic rings. The summed E-state index contributed by atoms with van der Waals surface area (Å²) in [6.45, 7) is 3.66. The van der Waals surface area contributed by atoms with Crippen LogP contribution in [-0.2, 0) is 13.0 Å². The third-order valence-corrected chi connectivity index (χ3v) is 4.90. The van der Waals surface area contributed by atoms with Crippen molar-refractivity contribution in [3.05, 3.63) is 106 Å². The summed E-state index contributed by atoms with van der Waals surface area (Å²) in [7, 11) is 0. The molecule has 0 bridgehead atoms. The molecule has 0 atom stereocenters. The standard InChI is InChI=1S/C24H23N3O/c1-18-11-13-20(14-12-18)27(17-19-7-3-2-4-8-19)16-15-23-25-22-10-6-5-9-21(22)24(28)26-23/h2-14H,15-17H2,1H3,(H,25,26,28). The van der Waals surface area contributed by atoms with Gasteiger partial charge in [-0.1, -0.05) is 60.2 Å². The lowest BCUT2D eigenvalue weighted by Crippen LogP contribution is -2.26. The summed E-state index contributed by atoms with van der Waals surface area (Å²) in [5, 5.41) is 0.630. The van der Waals surface area contributed by atoms with Crippen LogP contribution < -0.4 is 10.5 Å². The second kappa shape index (κ2) is 8.09. The first-order chi connectivity index (χ1) is 13.7. The van der Waals surface area contributed by atoms with E-state index in [1.807, 2.05) is 24.3 Å². The Morgan fingerprint density at radius 1 is 0.893 bits per heavy atom. The van der Waals surface area contributed by atoms with Gasteiger partial charge in [0, 0.05) is 25.2 Å². The quantitative estimate of drug-likeness (QED) is 0.545. The highest BCUT2D eigenvalue weighted by Gasteiger charge is 2.10. The molecule has 0 radical (unpaired) electrons. The lowest BCUT2D eigenvalue weighted by molar-refractivity contribution is 0.755. The molecule has 28 heavy (non-hydrogen) atoms. The third kappa shape index (κ3) is 4.12. The van der Waals surface area contributed by atoms with Crippen molar-refractivity contribution >= 4 is 16.6 Å². The number of fused-ring (bicyclic) bond motifs is 1. The zero-order chi connectivity index (χ0) is 19.3. The van der Waals surface area contributed by atoms with Crippen molar-refractivity contribution in [2.45, 2.75) is 19.9 Å². The van der Waals surface area contributed by atoms with Gasteiger partial charge in [-0.25, -0.2) is 4.98 Å². The number of aromatic nitrogens is 2. The number of rotatable bonds is 6. The van der Waals surface area contributed by atoms with E-state index in [9.17, 15) is 4.79 Å². The molecule has 4 heteroatoms. The Bertz CT molecular complexity index is 1120. The molecule has 0 spiro atoms. The normalized spacial score (nSPS) is 10.9. The topological polar surface area (TPSA) is 49.0 Å². The summed E-state index contributed by atoms with van der Waals surface area (Å²) in [4.78, 5) is 22.2. The first-order valence-corrected chi connectivity index (χ1v) is 9.52. The molecule has 0 aliphatic carbocycles. The lowest BCUT2D eigenvalue weighted by Gasteiger charge is -2.25. The number of benzene rings is 3. The smallest absolute Gasteiger partial charge is 0.258 e. The van der Waals surface area contributed by atoms with Gasteiger partial charge in [0.1, 0.15) is 5.82 Å². The number of aromatic amines is 1. The van der Waals surface area contributed by atoms with E-state index < -0.39 is 0 Å². The number of hydrogen-bond acceptors (Lipinski definition) is 3. The minimum absolute atomic E-state index is 0.0782. The van der Waals surface area contributed by atoms with Crippen LogP contribution in [0.1, 0.15) is 17.0 Å². The van der Waals surface area contributed by atoms with Crippen molar-refractivity contribution in [3.63, 3.8) is 0 Å². The van der Waals surface area contributed by atoms with Gasteiger partial charge in [-0.15, -0.1) is 0 Å². The fourth-order valence-electron chi connectivity index (χ4n) is 3.35. The molecule has 1 N–H and O–H groups in total. The first kappa shape index (κ1) is 18.0. The van der Waals surface area contributed by atoms with Gasteiger partial charge >= 0.3 is 0 Å². The highest BCUT2D eigenvalue weighted by Crippen LogP contribution is 2.18. The maximum atomic E-state index is 12.3. The lowest BCUT2D eigenvalue weighted by atomic mass is 10.1. The summed E-state index contributed by atoms with van der Waals surface area (Å²) < 4.78 is 0. The van der Waals surface area contributed by atoms with E-state index in [4.69, 9.17) is 0 Å². The van der Waals surface area contributed by atoms with Gasteiger partial charge in [0.25, 0.3) is 5.56 Å². The van der Waals surface area contributed by atoms with Crippen molar-refractivity contribution in [3.8, 4) is 0 Å². The van der Waals surface area contributed by atoms with Crippen LogP contribution in [0.15, 0.2) is 83.7 Å². The van der Waals surface area contributed by atoms with Gasteiger partial charge in [0.15, 0.2) is 0 Å². The van der Waals surface area contributed by atoms with Gasteiger partial charge < -0.3 is 9.88 Å². The Morgan fingerprint density at radius 3 is 2.39 bits per heavy atom. The fraction of sp³-hybridized carbons (Fsp3) is 0.167. The Labute approximate surface area is 164 Å². The maximum absolute atomic E-state index is 12.3. The highest BCUT2D eigenvalue weighted by molar-refractivity contribution is 5.77. The van der Waals surface area contributed by atoms with E-state index in [1.165, 1.54) is 11.1 Å². The van der Waals surface area contributed by atoms with Crippen LogP contribution >= 0.6 is 0 Å². The van der Waals surface area contributed by atoms with Crippen LogP contribution in [0.2, 0.25) is 0 Å². The number of nitrogens with one attached hydrogen (secondary N) is 1. The zero-order valence-electron chi connectivity index (χ0n) is 15.9. The number of aryl methyl sites for hydroxylation is 1. The number of H-pyrrole nitrogens is 1. The fourth-order valence-corrected chi connectivity index (χ4v) is 3.35. The molecule has 3 aromatic carbocycles. The summed E-state index contributed by atoms with van der Waals surface area (Å²) >= 11 is 0. The van der Waals surface area contributed by atoms with Crippen molar-refractivity contribution in [1.29, 1.82) is 0 Å². The number of nitrogens with zero attached hydrogens (tertiary/aromatic N) is 2. The average molecular weight is 369 g/mol. The third-order valence-electron chi connectivity index (χ3n) is 4.90. The predicted molar refractivity (Wildman–Crippen MR) is 115 cm³/mol. The maximum Gasteiger partial charge on any atom is 0.258 e. The van der Waals surface area contributed by atoms with Crippen molar-refractivity contribution in [2.75, 3.05) is 11.4 Å². The van der Waals surface area contributed by atoms with Crippen LogP contribution in [0.25, 0.3) is 10.9 Å². The Morgan fingerprint density at radius 2 is 1.61 bits per heavy atom. The molecule has 4 rings (SSSR count). The molecule has 0 saturated carbocycles. The molecule has 0 saturated heterocycles. The minimum atomic E-state index is -0.0782. The Kier molecular flexibility index (Phi) is 5.20. The zero-order valence-corrected chi connectivity index (χ0v) is 15.9. The monoisotopic (exact) mass is 369 g/mol. The molecule has 0 fully saturated rings. The van der Waals surface area contributed by atoms with Crippen LogP contribution in [0.5, 0.6) is 0 Å². The van der Waals surface area contributed by atoms with E-state index in [0.29, 0.717) is 17.6 Å². The van der Waals surface area contributed by atoms with Crippen molar-refractivity contribution < 1.29 is 0 Å². The van der Waals surface area contributed by atoms with E-state index >= 15 is 0 Å². The van der Waals surface area contributed by atoms with Gasteiger partial charge in [-0.05, 0) is 36.8 Å². The van der Waals surface area contributed by atoms with Crippen molar-refractivity contribution in [2.24, 2.45) is 0 Å². The molecule has 0 aliphatic rings. The molecule has 0 aliphatic heterocycles. The molecule has 0 amide bonds. The van der Waals surface area contributed by atoms with E-state index in [-0.39, 0.29) is 5.56 Å². The molecule has 0 unspecified atom stereocenters. The van der Waals surface area contributed by atoms with Crippen LogP contribution in [0.4, 0.5) is 5.69 Å². The molecule has 1 aromatic heterocycles. The minimum Gasteiger partial charge on any atom is -0.367 e. The number of hydrogen-bond donors (Lipinski definition) is 1. The number of anilines is 1. The van der Waals surface area contributed by atoms with Crippen LogP contribution in [0, 0.1) is 6.92 Å². The highest BCUT2D eigenvalue weighted by atomic mass is 16.1. The van der Waals surface area contributed by atoms with Crippen LogP contribution in [-0.4, -0.2) is 16.5 Å². The SMILES string of the molecule is Cc1ccc(N(CCc2nc3ccccc3c(=O)[nH]2)Cc2ccccc2)cc1.